The second-order valence-corrected chi connectivity index (χ2v) is 6.93. The number of hydrogen-bond acceptors (Lipinski definition) is 3. The van der Waals surface area contributed by atoms with E-state index in [2.05, 4.69) is 0 Å². The molecule has 0 fully saturated rings. The van der Waals surface area contributed by atoms with Crippen molar-refractivity contribution >= 4 is 52.2 Å². The van der Waals surface area contributed by atoms with Gasteiger partial charge in [-0.25, -0.2) is 0 Å². The number of benzene rings is 2. The number of rotatable bonds is 5. The van der Waals surface area contributed by atoms with Gasteiger partial charge in [-0.3, -0.25) is 9.59 Å². The molecule has 2 aromatic carbocycles. The summed E-state index contributed by atoms with van der Waals surface area (Å²) >= 11 is 18.1. The normalized spacial score (nSPS) is 13.4. The summed E-state index contributed by atoms with van der Waals surface area (Å²) in [5.41, 5.74) is 1.59. The lowest BCUT2D eigenvalue weighted by Gasteiger charge is -2.18. The minimum absolute atomic E-state index is 0.247. The van der Waals surface area contributed by atoms with Crippen LogP contribution in [0.15, 0.2) is 30.3 Å². The highest BCUT2D eigenvalue weighted by Crippen LogP contribution is 2.38. The quantitative estimate of drug-likeness (QED) is 0.528. The minimum atomic E-state index is -0.596. The Morgan fingerprint density at radius 1 is 1.04 bits per heavy atom. The van der Waals surface area contributed by atoms with Crippen LogP contribution in [0.2, 0.25) is 15.1 Å². The molecule has 0 aliphatic carbocycles. The summed E-state index contributed by atoms with van der Waals surface area (Å²) < 4.78 is 5.67. The molecule has 0 atom stereocenters. The molecule has 4 nitrogen and oxygen atoms in total. The summed E-state index contributed by atoms with van der Waals surface area (Å²) in [7, 11) is 0. The summed E-state index contributed by atoms with van der Waals surface area (Å²) in [6.07, 6.45) is 0.541. The second kappa shape index (κ2) is 7.24. The van der Waals surface area contributed by atoms with Gasteiger partial charge in [0.05, 0.1) is 22.9 Å². The lowest BCUT2D eigenvalue weighted by molar-refractivity contribution is -0.114. The van der Waals surface area contributed by atoms with Crippen LogP contribution in [0.4, 0.5) is 5.69 Å². The number of ether oxygens (including phenoxy) is 1. The van der Waals surface area contributed by atoms with Gasteiger partial charge in [0.1, 0.15) is 5.75 Å². The Bertz CT molecular complexity index is 867. The fourth-order valence-corrected chi connectivity index (χ4v) is 3.40. The second-order valence-electron chi connectivity index (χ2n) is 5.68. The first-order chi connectivity index (χ1) is 11.9. The van der Waals surface area contributed by atoms with Gasteiger partial charge in [-0.2, -0.15) is 0 Å². The first-order valence-electron chi connectivity index (χ1n) is 7.62. The molecular weight excluding hydrogens is 385 g/mol. The molecule has 1 aliphatic heterocycles. The number of amides is 1. The first-order valence-corrected chi connectivity index (χ1v) is 8.76. The average Bonchev–Trinajstić information content (AvgIpc) is 2.80. The summed E-state index contributed by atoms with van der Waals surface area (Å²) in [5, 5.41) is 1.29. The Hall–Kier alpha value is -1.75. The van der Waals surface area contributed by atoms with E-state index < -0.39 is 11.7 Å². The zero-order chi connectivity index (χ0) is 18.1. The van der Waals surface area contributed by atoms with E-state index >= 15 is 0 Å². The van der Waals surface area contributed by atoms with Gasteiger partial charge in [0, 0.05) is 16.6 Å². The van der Waals surface area contributed by atoms with Crippen molar-refractivity contribution in [2.45, 2.75) is 13.3 Å². The molecule has 7 heteroatoms. The van der Waals surface area contributed by atoms with Crippen LogP contribution >= 0.6 is 34.8 Å². The van der Waals surface area contributed by atoms with Gasteiger partial charge in [-0.15, -0.1) is 0 Å². The number of anilines is 1. The molecule has 25 heavy (non-hydrogen) atoms. The van der Waals surface area contributed by atoms with E-state index in [1.54, 1.807) is 12.1 Å². The molecule has 1 aliphatic rings. The fraction of sp³-hybridized carbons (Fsp3) is 0.222. The number of Topliss-reactive ketones (excluding diaryl/α,β-unsaturated/α-hetero) is 1. The van der Waals surface area contributed by atoms with Crippen LogP contribution in [-0.4, -0.2) is 24.8 Å². The van der Waals surface area contributed by atoms with Gasteiger partial charge in [0.2, 0.25) is 0 Å². The standard InChI is InChI=1S/C18H14Cl3NO3/c1-10-7-12(3-4-14(10)20)25-6-2-5-22-16-13(17(23)18(22)24)8-11(19)9-15(16)21/h3-4,7-9H,2,5-6H2,1H3. The first kappa shape index (κ1) is 18.1. The van der Waals surface area contributed by atoms with E-state index in [1.807, 2.05) is 13.0 Å². The number of aryl methyl sites for hydroxylation is 1. The van der Waals surface area contributed by atoms with E-state index in [9.17, 15) is 9.59 Å². The van der Waals surface area contributed by atoms with Crippen molar-refractivity contribution in [3.63, 3.8) is 0 Å². The number of nitrogens with zero attached hydrogens (tertiary/aromatic N) is 1. The van der Waals surface area contributed by atoms with E-state index in [0.29, 0.717) is 41.1 Å². The summed E-state index contributed by atoms with van der Waals surface area (Å²) in [6.45, 7) is 2.61. The monoisotopic (exact) mass is 397 g/mol. The molecule has 0 spiro atoms. The summed E-state index contributed by atoms with van der Waals surface area (Å²) in [4.78, 5) is 25.7. The maximum Gasteiger partial charge on any atom is 0.299 e. The molecule has 0 bridgehead atoms. The molecule has 0 unspecified atom stereocenters. The highest BCUT2D eigenvalue weighted by atomic mass is 35.5. The van der Waals surface area contributed by atoms with Gasteiger partial charge in [-0.05, 0) is 49.2 Å². The summed E-state index contributed by atoms with van der Waals surface area (Å²) in [5.74, 6) is -0.480. The summed E-state index contributed by atoms with van der Waals surface area (Å²) in [6, 6.07) is 8.40. The predicted octanol–water partition coefficient (Wildman–Crippen LogP) is 4.95. The molecule has 0 saturated carbocycles. The molecule has 0 aromatic heterocycles. The third kappa shape index (κ3) is 3.61. The van der Waals surface area contributed by atoms with Crippen molar-refractivity contribution in [1.82, 2.24) is 0 Å². The fourth-order valence-electron chi connectivity index (χ4n) is 2.69. The van der Waals surface area contributed by atoms with Crippen molar-refractivity contribution in [2.24, 2.45) is 0 Å². The van der Waals surface area contributed by atoms with Gasteiger partial charge >= 0.3 is 0 Å². The SMILES string of the molecule is Cc1cc(OCCCN2C(=O)C(=O)c3cc(Cl)cc(Cl)c32)ccc1Cl. The number of fused-ring (bicyclic) bond motifs is 1. The van der Waals surface area contributed by atoms with Gasteiger partial charge in [-0.1, -0.05) is 34.8 Å². The lowest BCUT2D eigenvalue weighted by atomic mass is 10.1. The van der Waals surface area contributed by atoms with Crippen LogP contribution in [0, 0.1) is 6.92 Å². The zero-order valence-electron chi connectivity index (χ0n) is 13.3. The molecule has 1 heterocycles. The molecular formula is C18H14Cl3NO3. The van der Waals surface area contributed by atoms with Gasteiger partial charge in [0.15, 0.2) is 0 Å². The van der Waals surface area contributed by atoms with Crippen molar-refractivity contribution in [3.8, 4) is 5.75 Å². The number of halogens is 3. The molecule has 0 N–H and O–H groups in total. The van der Waals surface area contributed by atoms with E-state index in [4.69, 9.17) is 39.5 Å². The van der Waals surface area contributed by atoms with E-state index in [-0.39, 0.29) is 10.6 Å². The molecule has 0 saturated heterocycles. The Kier molecular flexibility index (Phi) is 5.23. The minimum Gasteiger partial charge on any atom is -0.494 e. The number of ketones is 1. The third-order valence-corrected chi connectivity index (χ3v) is 4.84. The van der Waals surface area contributed by atoms with Crippen molar-refractivity contribution in [2.75, 3.05) is 18.1 Å². The van der Waals surface area contributed by atoms with Crippen LogP contribution in [0.5, 0.6) is 5.75 Å². The van der Waals surface area contributed by atoms with Gasteiger partial charge < -0.3 is 9.64 Å². The predicted molar refractivity (Wildman–Crippen MR) is 99.4 cm³/mol. The number of carbonyl (C=O) groups excluding carboxylic acids is 2. The lowest BCUT2D eigenvalue weighted by Crippen LogP contribution is -2.31. The Labute approximate surface area is 160 Å². The molecule has 2 aromatic rings. The molecule has 0 radical (unpaired) electrons. The maximum absolute atomic E-state index is 12.2. The van der Waals surface area contributed by atoms with Crippen LogP contribution in [0.1, 0.15) is 22.3 Å². The van der Waals surface area contributed by atoms with Crippen LogP contribution in [0.3, 0.4) is 0 Å². The Morgan fingerprint density at radius 3 is 2.52 bits per heavy atom. The van der Waals surface area contributed by atoms with Crippen molar-refractivity contribution in [3.05, 3.63) is 56.5 Å². The van der Waals surface area contributed by atoms with E-state index in [0.717, 1.165) is 5.56 Å². The smallest absolute Gasteiger partial charge is 0.299 e. The van der Waals surface area contributed by atoms with Gasteiger partial charge in [0.25, 0.3) is 11.7 Å². The van der Waals surface area contributed by atoms with Crippen LogP contribution in [-0.2, 0) is 4.79 Å². The van der Waals surface area contributed by atoms with Crippen molar-refractivity contribution in [1.29, 1.82) is 0 Å². The Morgan fingerprint density at radius 2 is 1.80 bits per heavy atom. The van der Waals surface area contributed by atoms with Crippen LogP contribution < -0.4 is 9.64 Å². The average molecular weight is 399 g/mol. The van der Waals surface area contributed by atoms with Crippen LogP contribution in [0.25, 0.3) is 0 Å². The third-order valence-electron chi connectivity index (χ3n) is 3.91. The number of hydrogen-bond donors (Lipinski definition) is 0. The highest BCUT2D eigenvalue weighted by molar-refractivity contribution is 6.54. The van der Waals surface area contributed by atoms with Crippen molar-refractivity contribution < 1.29 is 14.3 Å². The van der Waals surface area contributed by atoms with E-state index in [1.165, 1.54) is 17.0 Å². The molecule has 3 rings (SSSR count). The topological polar surface area (TPSA) is 46.6 Å². The number of carbonyl (C=O) groups is 2. The highest BCUT2D eigenvalue weighted by Gasteiger charge is 2.37. The molecule has 130 valence electrons. The zero-order valence-corrected chi connectivity index (χ0v) is 15.6. The largest absolute Gasteiger partial charge is 0.494 e. The molecule has 1 amide bonds. The maximum atomic E-state index is 12.2. The Balaban J connectivity index is 1.65.